The molecule has 2 N–H and O–H groups in total. The minimum Gasteiger partial charge on any atom is -0.507 e. The van der Waals surface area contributed by atoms with Gasteiger partial charge in [0.05, 0.1) is 12.2 Å². The lowest BCUT2D eigenvalue weighted by molar-refractivity contribution is -0.0129. The van der Waals surface area contributed by atoms with Gasteiger partial charge in [0.1, 0.15) is 23.5 Å². The molecule has 1 heterocycles. The van der Waals surface area contributed by atoms with Crippen LogP contribution in [0.15, 0.2) is 73.0 Å². The molecule has 3 rings (SSSR count). The fourth-order valence-electron chi connectivity index (χ4n) is 4.59. The Labute approximate surface area is 242 Å². The molecule has 2 aromatic carbocycles. The van der Waals surface area contributed by atoms with Gasteiger partial charge in [-0.2, -0.15) is 0 Å². The van der Waals surface area contributed by atoms with Crippen molar-refractivity contribution in [2.24, 2.45) is 5.92 Å². The average molecular weight is 564 g/mol. The number of nitrogens with one attached hydrogen (secondary N) is 1. The van der Waals surface area contributed by atoms with Gasteiger partial charge < -0.3 is 19.3 Å². The molecule has 1 aliphatic rings. The minimum absolute atomic E-state index is 0.0621. The number of rotatable bonds is 10. The zero-order valence-electron chi connectivity index (χ0n) is 23.9. The van der Waals surface area contributed by atoms with Gasteiger partial charge in [-0.3, -0.25) is 5.32 Å². The lowest BCUT2D eigenvalue weighted by Gasteiger charge is -2.28. The van der Waals surface area contributed by atoms with E-state index < -0.39 is 30.2 Å². The molecule has 0 aromatic heterocycles. The Morgan fingerprint density at radius 3 is 2.66 bits per heavy atom. The fourth-order valence-corrected chi connectivity index (χ4v) is 4.59. The molecular weight excluding hydrogens is 522 g/mol. The highest BCUT2D eigenvalue weighted by Crippen LogP contribution is 2.28. The summed E-state index contributed by atoms with van der Waals surface area (Å²) in [7, 11) is 0. The summed E-state index contributed by atoms with van der Waals surface area (Å²) in [4.78, 5) is 38.2. The van der Waals surface area contributed by atoms with Crippen LogP contribution in [0, 0.1) is 5.92 Å². The maximum atomic E-state index is 13.3. The van der Waals surface area contributed by atoms with Gasteiger partial charge in [-0.1, -0.05) is 81.7 Å². The Balaban J connectivity index is 1.75. The molecule has 0 fully saturated rings. The number of allylic oxidation sites excluding steroid dienone is 2. The summed E-state index contributed by atoms with van der Waals surface area (Å²) >= 11 is 0. The van der Waals surface area contributed by atoms with Crippen molar-refractivity contribution in [1.29, 1.82) is 0 Å². The summed E-state index contributed by atoms with van der Waals surface area (Å²) in [5.41, 5.74) is 1.21. The van der Waals surface area contributed by atoms with Gasteiger partial charge in [-0.25, -0.2) is 14.4 Å². The van der Waals surface area contributed by atoms with Gasteiger partial charge in [0, 0.05) is 19.0 Å². The number of phenolic OH excluding ortho intramolecular Hbond substituents is 1. The predicted octanol–water partition coefficient (Wildman–Crippen LogP) is 6.88. The van der Waals surface area contributed by atoms with Crippen molar-refractivity contribution < 1.29 is 33.7 Å². The molecule has 0 spiro atoms. The molecular formula is C33H41NO7. The monoisotopic (exact) mass is 563 g/mol. The van der Waals surface area contributed by atoms with Gasteiger partial charge in [-0.05, 0) is 48.9 Å². The third-order valence-electron chi connectivity index (χ3n) is 6.97. The Bertz CT molecular complexity index is 1190. The van der Waals surface area contributed by atoms with Crippen molar-refractivity contribution in [1.82, 2.24) is 5.32 Å². The van der Waals surface area contributed by atoms with Gasteiger partial charge in [0.15, 0.2) is 0 Å². The van der Waals surface area contributed by atoms with Crippen LogP contribution in [0.4, 0.5) is 4.79 Å². The first-order chi connectivity index (χ1) is 19.9. The molecule has 1 aliphatic heterocycles. The van der Waals surface area contributed by atoms with E-state index in [1.807, 2.05) is 25.1 Å². The van der Waals surface area contributed by atoms with E-state index in [0.29, 0.717) is 30.6 Å². The highest BCUT2D eigenvalue weighted by atomic mass is 16.6. The van der Waals surface area contributed by atoms with Crippen molar-refractivity contribution in [3.8, 4) is 5.75 Å². The summed E-state index contributed by atoms with van der Waals surface area (Å²) in [6, 6.07) is 13.7. The number of hydrogen-bond acceptors (Lipinski definition) is 7. The second-order valence-electron chi connectivity index (χ2n) is 10.3. The quantitative estimate of drug-likeness (QED) is 0.140. The molecule has 0 aliphatic carbocycles. The molecule has 0 saturated carbocycles. The third-order valence-corrected chi connectivity index (χ3v) is 6.97. The van der Waals surface area contributed by atoms with Gasteiger partial charge in [-0.15, -0.1) is 0 Å². The molecule has 8 heteroatoms. The van der Waals surface area contributed by atoms with Gasteiger partial charge >= 0.3 is 18.0 Å². The summed E-state index contributed by atoms with van der Waals surface area (Å²) in [5.74, 6) is -1.33. The van der Waals surface area contributed by atoms with Crippen LogP contribution in [0.1, 0.15) is 85.1 Å². The summed E-state index contributed by atoms with van der Waals surface area (Å²) in [6.45, 7) is 4.46. The van der Waals surface area contributed by atoms with Gasteiger partial charge in [0.2, 0.25) is 0 Å². The summed E-state index contributed by atoms with van der Waals surface area (Å²) in [6.07, 6.45) is 10.9. The lowest BCUT2D eigenvalue weighted by atomic mass is 9.93. The van der Waals surface area contributed by atoms with E-state index >= 15 is 0 Å². The van der Waals surface area contributed by atoms with Crippen molar-refractivity contribution >= 4 is 18.0 Å². The first-order valence-corrected chi connectivity index (χ1v) is 14.4. The zero-order chi connectivity index (χ0) is 29.5. The second-order valence-corrected chi connectivity index (χ2v) is 10.3. The largest absolute Gasteiger partial charge is 0.507 e. The van der Waals surface area contributed by atoms with Crippen LogP contribution in [0.5, 0.6) is 5.75 Å². The number of alkyl carbamates (subject to hydrolysis) is 1. The third kappa shape index (κ3) is 10.4. The van der Waals surface area contributed by atoms with E-state index in [-0.39, 0.29) is 30.1 Å². The highest BCUT2D eigenvalue weighted by molar-refractivity contribution is 5.94. The average Bonchev–Trinajstić information content (AvgIpc) is 2.96. The number of unbranched alkanes of at least 4 members (excludes halogenated alkanes) is 3. The van der Waals surface area contributed by atoms with Crippen LogP contribution < -0.4 is 5.32 Å². The van der Waals surface area contributed by atoms with E-state index in [2.05, 4.69) is 12.2 Å². The molecule has 3 unspecified atom stereocenters. The normalized spacial score (nSPS) is 19.4. The summed E-state index contributed by atoms with van der Waals surface area (Å²) < 4.78 is 17.0. The van der Waals surface area contributed by atoms with Crippen LogP contribution in [-0.4, -0.2) is 42.0 Å². The molecule has 0 radical (unpaired) electrons. The molecule has 41 heavy (non-hydrogen) atoms. The smallest absolute Gasteiger partial charge is 0.411 e. The number of amides is 1. The molecule has 0 saturated heterocycles. The molecule has 0 bridgehead atoms. The maximum Gasteiger partial charge on any atom is 0.411 e. The molecule has 2 aromatic rings. The Hall–Kier alpha value is -4.07. The lowest BCUT2D eigenvalue weighted by Crippen LogP contribution is -2.32. The summed E-state index contributed by atoms with van der Waals surface area (Å²) in [5, 5.41) is 13.1. The van der Waals surface area contributed by atoms with Gasteiger partial charge in [0.25, 0.3) is 0 Å². The predicted molar refractivity (Wildman–Crippen MR) is 157 cm³/mol. The minimum atomic E-state index is -0.697. The van der Waals surface area contributed by atoms with Crippen LogP contribution in [0.3, 0.4) is 0 Å². The Morgan fingerprint density at radius 2 is 1.88 bits per heavy atom. The van der Waals surface area contributed by atoms with Crippen molar-refractivity contribution in [3.05, 3.63) is 89.6 Å². The number of benzene rings is 2. The van der Waals surface area contributed by atoms with E-state index in [9.17, 15) is 19.5 Å². The zero-order valence-corrected chi connectivity index (χ0v) is 23.9. The topological polar surface area (TPSA) is 111 Å². The van der Waals surface area contributed by atoms with E-state index in [4.69, 9.17) is 14.2 Å². The molecule has 1 amide bonds. The number of fused-ring (bicyclic) bond motifs is 1. The first-order valence-electron chi connectivity index (χ1n) is 14.4. The van der Waals surface area contributed by atoms with Crippen LogP contribution in [-0.2, 0) is 20.6 Å². The van der Waals surface area contributed by atoms with Crippen molar-refractivity contribution in [3.63, 3.8) is 0 Å². The highest BCUT2D eigenvalue weighted by Gasteiger charge is 2.29. The molecule has 3 atom stereocenters. The van der Waals surface area contributed by atoms with Crippen LogP contribution >= 0.6 is 0 Å². The van der Waals surface area contributed by atoms with E-state index in [1.54, 1.807) is 42.5 Å². The number of carbonyl (C=O) groups excluding carboxylic acids is 3. The fraction of sp³-hybridized carbons (Fsp3) is 0.424. The number of hydrogen-bond donors (Lipinski definition) is 2. The standard InChI is InChI=1S/C33H41NO7/c1-3-4-5-11-22-39-33(38)34-21-13-19-27-23-29(41-31(36)26-16-7-6-8-17-26)24(2)14-9-10-15-25-18-12-20-28(35)30(25)32(37)40-27/h6-10,12-13,16-18,20-21,24,27,29,35H,3-5,11,14-15,19,22-23H2,1-2H3,(H,34,38). The van der Waals surface area contributed by atoms with Crippen molar-refractivity contribution in [2.75, 3.05) is 6.61 Å². The maximum absolute atomic E-state index is 13.3. The molecule has 220 valence electrons. The second kappa shape index (κ2) is 16.9. The Kier molecular flexibility index (Phi) is 13.0. The number of carbonyl (C=O) groups is 3. The van der Waals surface area contributed by atoms with Crippen molar-refractivity contribution in [2.45, 2.75) is 77.4 Å². The number of ether oxygens (including phenoxy) is 3. The number of phenols is 1. The van der Waals surface area contributed by atoms with E-state index in [1.165, 1.54) is 12.3 Å². The number of cyclic esters (lactones) is 1. The SMILES string of the molecule is CCCCCCOC(=O)NC=CCC1CC(OC(=O)c2ccccc2)C(C)CC=CCc2cccc(O)c2C(=O)O1. The van der Waals surface area contributed by atoms with Crippen LogP contribution in [0.25, 0.3) is 0 Å². The Morgan fingerprint density at radius 1 is 1.07 bits per heavy atom. The number of aromatic hydroxyl groups is 1. The molecule has 8 nitrogen and oxygen atoms in total. The number of esters is 2. The van der Waals surface area contributed by atoms with E-state index in [0.717, 1.165) is 25.7 Å². The van der Waals surface area contributed by atoms with Crippen LogP contribution in [0.2, 0.25) is 0 Å². The first kappa shape index (κ1) is 31.5.